The molecule has 1 aromatic heterocycles. The third kappa shape index (κ3) is 6.03. The van der Waals surface area contributed by atoms with Crippen LogP contribution in [0.3, 0.4) is 0 Å². The molecule has 1 aliphatic carbocycles. The van der Waals surface area contributed by atoms with Gasteiger partial charge >= 0.3 is 0 Å². The van der Waals surface area contributed by atoms with E-state index in [0.717, 1.165) is 31.1 Å². The maximum atomic E-state index is 12.6. The van der Waals surface area contributed by atoms with Crippen molar-refractivity contribution in [3.63, 3.8) is 0 Å². The summed E-state index contributed by atoms with van der Waals surface area (Å²) in [4.78, 5) is 33.3. The highest BCUT2D eigenvalue weighted by Gasteiger charge is 2.29. The number of hydrogen-bond donors (Lipinski definition) is 1. The number of likely N-dealkylation sites (tertiary alicyclic amines) is 1. The number of amides is 2. The molecular formula is C22H34N4O2. The molecule has 0 spiro atoms. The largest absolute Gasteiger partial charge is 0.356 e. The Labute approximate surface area is 168 Å². The number of piperidine rings is 1. The lowest BCUT2D eigenvalue weighted by atomic mass is 9.96. The summed E-state index contributed by atoms with van der Waals surface area (Å²) in [5.41, 5.74) is 0.980. The van der Waals surface area contributed by atoms with Crippen molar-refractivity contribution in [3.8, 4) is 0 Å². The first-order valence-corrected chi connectivity index (χ1v) is 10.8. The fourth-order valence-corrected chi connectivity index (χ4v) is 4.35. The Bertz CT molecular complexity index is 631. The third-order valence-corrected chi connectivity index (χ3v) is 6.17. The van der Waals surface area contributed by atoms with Gasteiger partial charge in [0.15, 0.2) is 0 Å². The summed E-state index contributed by atoms with van der Waals surface area (Å²) < 4.78 is 0. The van der Waals surface area contributed by atoms with Crippen LogP contribution in [0.25, 0.3) is 0 Å². The second kappa shape index (κ2) is 10.6. The molecule has 28 heavy (non-hydrogen) atoms. The molecule has 6 nitrogen and oxygen atoms in total. The van der Waals surface area contributed by atoms with Gasteiger partial charge in [-0.1, -0.05) is 18.9 Å². The first-order valence-electron chi connectivity index (χ1n) is 10.8. The van der Waals surface area contributed by atoms with E-state index >= 15 is 0 Å². The Kier molecular flexibility index (Phi) is 7.83. The SMILES string of the molecule is CN(CCCNC(=O)[C@H]1CCC(=O)N(CCc2ccccn2)C1)C1CCCC1. The maximum Gasteiger partial charge on any atom is 0.224 e. The van der Waals surface area contributed by atoms with Crippen molar-refractivity contribution in [1.29, 1.82) is 0 Å². The van der Waals surface area contributed by atoms with Gasteiger partial charge in [-0.25, -0.2) is 0 Å². The molecule has 1 saturated heterocycles. The van der Waals surface area contributed by atoms with E-state index in [1.165, 1.54) is 25.7 Å². The van der Waals surface area contributed by atoms with Crippen molar-refractivity contribution in [2.24, 2.45) is 5.92 Å². The van der Waals surface area contributed by atoms with Gasteiger partial charge in [0.05, 0.1) is 5.92 Å². The van der Waals surface area contributed by atoms with Crippen LogP contribution in [0.15, 0.2) is 24.4 Å². The first-order chi connectivity index (χ1) is 13.6. The lowest BCUT2D eigenvalue weighted by Crippen LogP contribution is -2.46. The fraction of sp³-hybridized carbons (Fsp3) is 0.682. The Morgan fingerprint density at radius 2 is 2.11 bits per heavy atom. The van der Waals surface area contributed by atoms with E-state index < -0.39 is 0 Å². The van der Waals surface area contributed by atoms with E-state index in [9.17, 15) is 9.59 Å². The predicted octanol–water partition coefficient (Wildman–Crippen LogP) is 2.24. The zero-order valence-corrected chi connectivity index (χ0v) is 17.1. The van der Waals surface area contributed by atoms with Crippen molar-refractivity contribution < 1.29 is 9.59 Å². The summed E-state index contributed by atoms with van der Waals surface area (Å²) in [6.45, 7) is 2.91. The summed E-state index contributed by atoms with van der Waals surface area (Å²) in [5.74, 6) is 0.158. The van der Waals surface area contributed by atoms with Crippen LogP contribution >= 0.6 is 0 Å². The number of nitrogens with zero attached hydrogens (tertiary/aromatic N) is 3. The van der Waals surface area contributed by atoms with E-state index in [1.807, 2.05) is 23.1 Å². The van der Waals surface area contributed by atoms with E-state index in [0.29, 0.717) is 32.5 Å². The fourth-order valence-electron chi connectivity index (χ4n) is 4.35. The topological polar surface area (TPSA) is 65.5 Å². The molecule has 1 atom stereocenters. The highest BCUT2D eigenvalue weighted by atomic mass is 16.2. The van der Waals surface area contributed by atoms with Crippen LogP contribution in [0.1, 0.15) is 50.6 Å². The minimum Gasteiger partial charge on any atom is -0.356 e. The molecule has 1 aliphatic heterocycles. The summed E-state index contributed by atoms with van der Waals surface area (Å²) in [6.07, 6.45) is 9.93. The van der Waals surface area contributed by atoms with Gasteiger partial charge in [-0.2, -0.15) is 0 Å². The molecule has 2 aliphatic rings. The van der Waals surface area contributed by atoms with E-state index in [1.54, 1.807) is 6.20 Å². The number of aromatic nitrogens is 1. The van der Waals surface area contributed by atoms with Crippen molar-refractivity contribution >= 4 is 11.8 Å². The zero-order valence-electron chi connectivity index (χ0n) is 17.1. The normalized spacial score (nSPS) is 20.7. The second-order valence-corrected chi connectivity index (χ2v) is 8.21. The minimum absolute atomic E-state index is 0.0889. The molecule has 1 aromatic rings. The van der Waals surface area contributed by atoms with Gasteiger partial charge < -0.3 is 15.1 Å². The average Bonchev–Trinajstić information content (AvgIpc) is 3.26. The number of pyridine rings is 1. The Balaban J connectivity index is 1.36. The number of hydrogen-bond acceptors (Lipinski definition) is 4. The van der Waals surface area contributed by atoms with Gasteiger partial charge in [0, 0.05) is 50.4 Å². The van der Waals surface area contributed by atoms with Crippen molar-refractivity contribution in [3.05, 3.63) is 30.1 Å². The van der Waals surface area contributed by atoms with E-state index in [4.69, 9.17) is 0 Å². The standard InChI is InChI=1S/C22H34N4O2/c1-25(20-8-2-3-9-20)15-6-14-24-22(28)18-10-11-21(27)26(17-18)16-12-19-7-4-5-13-23-19/h4-5,7,13,18,20H,2-3,6,8-12,14-17H2,1H3,(H,24,28)/t18-/m0/s1. The molecule has 1 saturated carbocycles. The highest BCUT2D eigenvalue weighted by Crippen LogP contribution is 2.22. The van der Waals surface area contributed by atoms with Crippen LogP contribution in [0.5, 0.6) is 0 Å². The maximum absolute atomic E-state index is 12.6. The van der Waals surface area contributed by atoms with Crippen LogP contribution in [0.2, 0.25) is 0 Å². The number of rotatable bonds is 9. The van der Waals surface area contributed by atoms with Gasteiger partial charge in [0.1, 0.15) is 0 Å². The monoisotopic (exact) mass is 386 g/mol. The van der Waals surface area contributed by atoms with Crippen LogP contribution in [0.4, 0.5) is 0 Å². The Hall–Kier alpha value is -1.95. The molecular weight excluding hydrogens is 352 g/mol. The summed E-state index contributed by atoms with van der Waals surface area (Å²) in [5, 5.41) is 3.09. The van der Waals surface area contributed by atoms with Gasteiger partial charge in [-0.3, -0.25) is 14.6 Å². The molecule has 2 fully saturated rings. The molecule has 0 unspecified atom stereocenters. The van der Waals surface area contributed by atoms with Gasteiger partial charge in [-0.05, 0) is 51.4 Å². The molecule has 3 rings (SSSR count). The van der Waals surface area contributed by atoms with Crippen molar-refractivity contribution in [1.82, 2.24) is 20.1 Å². The summed E-state index contributed by atoms with van der Waals surface area (Å²) in [7, 11) is 2.20. The van der Waals surface area contributed by atoms with Crippen molar-refractivity contribution in [2.45, 2.75) is 57.4 Å². The van der Waals surface area contributed by atoms with Gasteiger partial charge in [0.25, 0.3) is 0 Å². The van der Waals surface area contributed by atoms with Crippen LogP contribution in [-0.4, -0.2) is 65.9 Å². The molecule has 1 N–H and O–H groups in total. The number of nitrogens with one attached hydrogen (secondary N) is 1. The Morgan fingerprint density at radius 3 is 2.86 bits per heavy atom. The second-order valence-electron chi connectivity index (χ2n) is 8.21. The Morgan fingerprint density at radius 1 is 1.29 bits per heavy atom. The first kappa shape index (κ1) is 20.8. The molecule has 0 aromatic carbocycles. The van der Waals surface area contributed by atoms with E-state index in [2.05, 4.69) is 22.2 Å². The summed E-state index contributed by atoms with van der Waals surface area (Å²) >= 11 is 0. The van der Waals surface area contributed by atoms with E-state index in [-0.39, 0.29) is 17.7 Å². The smallest absolute Gasteiger partial charge is 0.224 e. The van der Waals surface area contributed by atoms with Gasteiger partial charge in [-0.15, -0.1) is 0 Å². The van der Waals surface area contributed by atoms with Crippen LogP contribution in [-0.2, 0) is 16.0 Å². The molecule has 0 bridgehead atoms. The molecule has 2 heterocycles. The lowest BCUT2D eigenvalue weighted by molar-refractivity contribution is -0.138. The van der Waals surface area contributed by atoms with Crippen LogP contribution in [0, 0.1) is 5.92 Å². The quantitative estimate of drug-likeness (QED) is 0.661. The third-order valence-electron chi connectivity index (χ3n) is 6.17. The van der Waals surface area contributed by atoms with Crippen LogP contribution < -0.4 is 5.32 Å². The molecule has 6 heteroatoms. The molecule has 154 valence electrons. The number of carbonyl (C=O) groups excluding carboxylic acids is 2. The average molecular weight is 387 g/mol. The summed E-state index contributed by atoms with van der Waals surface area (Å²) in [6, 6.07) is 6.55. The predicted molar refractivity (Wildman–Crippen MR) is 110 cm³/mol. The lowest BCUT2D eigenvalue weighted by Gasteiger charge is -2.32. The minimum atomic E-state index is -0.0889. The number of carbonyl (C=O) groups is 2. The molecule has 2 amide bonds. The van der Waals surface area contributed by atoms with Crippen molar-refractivity contribution in [2.75, 3.05) is 33.2 Å². The molecule has 0 radical (unpaired) electrons. The highest BCUT2D eigenvalue weighted by molar-refractivity contribution is 5.83. The van der Waals surface area contributed by atoms with Gasteiger partial charge in [0.2, 0.25) is 11.8 Å². The zero-order chi connectivity index (χ0) is 19.8.